The normalized spacial score (nSPS) is 21.3. The molecular formula is C24H19F2N3O4S. The van der Waals surface area contributed by atoms with Crippen molar-refractivity contribution in [2.75, 3.05) is 24.8 Å². The predicted molar refractivity (Wildman–Crippen MR) is 120 cm³/mol. The average Bonchev–Trinajstić information content (AvgIpc) is 3.01. The maximum Gasteiger partial charge on any atom is 0.278 e. The van der Waals surface area contributed by atoms with Crippen LogP contribution in [0.4, 0.5) is 8.78 Å². The van der Waals surface area contributed by atoms with Crippen molar-refractivity contribution in [3.05, 3.63) is 87.3 Å². The highest BCUT2D eigenvalue weighted by molar-refractivity contribution is 7.99. The van der Waals surface area contributed by atoms with Gasteiger partial charge in [0.25, 0.3) is 5.91 Å². The number of rotatable bonds is 1. The Bertz CT molecular complexity index is 1400. The van der Waals surface area contributed by atoms with E-state index in [2.05, 4.69) is 0 Å². The molecule has 1 saturated heterocycles. The Hall–Kier alpha value is -3.37. The number of carbonyl (C=O) groups excluding carboxylic acids is 1. The molecule has 0 aliphatic carbocycles. The van der Waals surface area contributed by atoms with Crippen LogP contribution in [-0.2, 0) is 11.2 Å². The van der Waals surface area contributed by atoms with Crippen molar-refractivity contribution in [1.82, 2.24) is 9.58 Å². The number of hydrogen-bond donors (Lipinski definition) is 1. The highest BCUT2D eigenvalue weighted by Gasteiger charge is 2.45. The molecular weight excluding hydrogens is 464 g/mol. The van der Waals surface area contributed by atoms with E-state index in [1.54, 1.807) is 11.0 Å². The first-order valence-corrected chi connectivity index (χ1v) is 11.6. The van der Waals surface area contributed by atoms with Crippen LogP contribution >= 0.6 is 11.8 Å². The van der Waals surface area contributed by atoms with Crippen molar-refractivity contribution in [1.29, 1.82) is 0 Å². The third-order valence-electron chi connectivity index (χ3n) is 6.53. The van der Waals surface area contributed by atoms with Gasteiger partial charge in [0, 0.05) is 23.7 Å². The maximum absolute atomic E-state index is 14.8. The molecule has 2 aromatic carbocycles. The van der Waals surface area contributed by atoms with Gasteiger partial charge in [0.2, 0.25) is 5.43 Å². The molecule has 34 heavy (non-hydrogen) atoms. The second kappa shape index (κ2) is 7.85. The Kier molecular flexibility index (Phi) is 4.89. The number of ether oxygens (including phenoxy) is 1. The fourth-order valence-corrected chi connectivity index (χ4v) is 6.11. The van der Waals surface area contributed by atoms with Gasteiger partial charge in [-0.05, 0) is 29.7 Å². The second-order valence-corrected chi connectivity index (χ2v) is 9.42. The molecule has 1 amide bonds. The lowest BCUT2D eigenvalue weighted by molar-refractivity contribution is -0.0211. The number of aromatic hydroxyl groups is 1. The molecule has 174 valence electrons. The number of carbonyl (C=O) groups is 1. The molecule has 3 aromatic rings. The third-order valence-corrected chi connectivity index (χ3v) is 7.77. The zero-order valence-corrected chi connectivity index (χ0v) is 18.6. The first-order chi connectivity index (χ1) is 16.5. The minimum Gasteiger partial charge on any atom is -0.502 e. The molecule has 0 saturated carbocycles. The molecule has 0 bridgehead atoms. The third kappa shape index (κ3) is 3.05. The number of aromatic nitrogens is 1. The summed E-state index contributed by atoms with van der Waals surface area (Å²) in [7, 11) is 0. The number of hydrogen-bond acceptors (Lipinski definition) is 6. The Morgan fingerprint density at radius 2 is 1.91 bits per heavy atom. The standard InChI is InChI=1S/C24H19F2N3O4S/c25-15-6-5-13-11-16(14-3-1-2-4-18(14)34-23(13)20(15)26)29-19-12-33-10-9-27(19)24(32)21-22(31)17(30)7-8-28(21)29/h1-8,16,19,31H,9-12H2. The SMILES string of the molecule is O=C1c2c(O)c(=O)ccn2N(C2Cc3ccc(F)c(F)c3Sc3ccccc32)C2COCCN12. The van der Waals surface area contributed by atoms with Gasteiger partial charge in [0.1, 0.15) is 6.17 Å². The quantitative estimate of drug-likeness (QED) is 0.574. The van der Waals surface area contributed by atoms with E-state index in [1.165, 1.54) is 28.7 Å². The molecule has 1 aromatic heterocycles. The average molecular weight is 483 g/mol. The van der Waals surface area contributed by atoms with Crippen molar-refractivity contribution < 1.29 is 23.4 Å². The van der Waals surface area contributed by atoms with E-state index < -0.39 is 40.9 Å². The summed E-state index contributed by atoms with van der Waals surface area (Å²) in [5, 5.41) is 12.5. The molecule has 7 nitrogen and oxygen atoms in total. The number of morpholine rings is 1. The Morgan fingerprint density at radius 1 is 1.09 bits per heavy atom. The molecule has 4 heterocycles. The van der Waals surface area contributed by atoms with E-state index >= 15 is 0 Å². The smallest absolute Gasteiger partial charge is 0.278 e. The fraction of sp³-hybridized carbons (Fsp3) is 0.250. The monoisotopic (exact) mass is 483 g/mol. The van der Waals surface area contributed by atoms with Gasteiger partial charge in [-0.15, -0.1) is 0 Å². The van der Waals surface area contributed by atoms with Crippen molar-refractivity contribution in [2.24, 2.45) is 0 Å². The molecule has 2 atom stereocenters. The molecule has 0 spiro atoms. The van der Waals surface area contributed by atoms with E-state index in [9.17, 15) is 23.5 Å². The second-order valence-electron chi connectivity index (χ2n) is 8.37. The summed E-state index contributed by atoms with van der Waals surface area (Å²) in [5.74, 6) is -2.88. The van der Waals surface area contributed by atoms with Gasteiger partial charge in [-0.2, -0.15) is 0 Å². The lowest BCUT2D eigenvalue weighted by atomic mass is 9.97. The van der Waals surface area contributed by atoms with Gasteiger partial charge in [-0.25, -0.2) is 8.78 Å². The van der Waals surface area contributed by atoms with Crippen molar-refractivity contribution in [3.63, 3.8) is 0 Å². The summed E-state index contributed by atoms with van der Waals surface area (Å²) in [6.45, 7) is 0.842. The van der Waals surface area contributed by atoms with Crippen LogP contribution in [0.1, 0.15) is 27.7 Å². The van der Waals surface area contributed by atoms with Crippen molar-refractivity contribution in [3.8, 4) is 5.75 Å². The van der Waals surface area contributed by atoms with Gasteiger partial charge in [0.15, 0.2) is 23.1 Å². The van der Waals surface area contributed by atoms with Crippen LogP contribution in [0.2, 0.25) is 0 Å². The van der Waals surface area contributed by atoms with Crippen LogP contribution in [0.5, 0.6) is 5.75 Å². The Morgan fingerprint density at radius 3 is 2.76 bits per heavy atom. The summed E-state index contributed by atoms with van der Waals surface area (Å²) in [6, 6.07) is 10.9. The first-order valence-electron chi connectivity index (χ1n) is 10.8. The maximum atomic E-state index is 14.8. The van der Waals surface area contributed by atoms with Crippen LogP contribution in [0, 0.1) is 11.6 Å². The topological polar surface area (TPSA) is 75.0 Å². The fourth-order valence-electron chi connectivity index (χ4n) is 4.95. The van der Waals surface area contributed by atoms with E-state index in [-0.39, 0.29) is 17.2 Å². The summed E-state index contributed by atoms with van der Waals surface area (Å²) >= 11 is 1.17. The van der Waals surface area contributed by atoms with Gasteiger partial charge < -0.3 is 14.7 Å². The molecule has 1 fully saturated rings. The van der Waals surface area contributed by atoms with Crippen LogP contribution in [0.15, 0.2) is 63.2 Å². The van der Waals surface area contributed by atoms with Crippen LogP contribution in [0.3, 0.4) is 0 Å². The van der Waals surface area contributed by atoms with Gasteiger partial charge >= 0.3 is 0 Å². The lowest BCUT2D eigenvalue weighted by Crippen LogP contribution is -2.66. The number of amides is 1. The first kappa shape index (κ1) is 21.2. The highest BCUT2D eigenvalue weighted by atomic mass is 32.2. The Labute approximate surface area is 197 Å². The predicted octanol–water partition coefficient (Wildman–Crippen LogP) is 3.03. The molecule has 2 unspecified atom stereocenters. The lowest BCUT2D eigenvalue weighted by Gasteiger charge is -2.51. The molecule has 0 radical (unpaired) electrons. The summed E-state index contributed by atoms with van der Waals surface area (Å²) in [5.41, 5.74) is 0.709. The van der Waals surface area contributed by atoms with E-state index in [1.807, 2.05) is 29.3 Å². The van der Waals surface area contributed by atoms with E-state index in [4.69, 9.17) is 4.74 Å². The summed E-state index contributed by atoms with van der Waals surface area (Å²) in [6.07, 6.45) is 1.25. The van der Waals surface area contributed by atoms with Gasteiger partial charge in [-0.3, -0.25) is 19.3 Å². The highest BCUT2D eigenvalue weighted by Crippen LogP contribution is 2.45. The number of fused-ring (bicyclic) bond motifs is 4. The number of benzene rings is 2. The molecule has 1 N–H and O–H groups in total. The number of pyridine rings is 1. The molecule has 6 rings (SSSR count). The van der Waals surface area contributed by atoms with Gasteiger partial charge in [0.05, 0.1) is 24.2 Å². The molecule has 3 aliphatic rings. The van der Waals surface area contributed by atoms with Crippen LogP contribution in [-0.4, -0.2) is 46.5 Å². The summed E-state index contributed by atoms with van der Waals surface area (Å²) in [4.78, 5) is 28.0. The Balaban J connectivity index is 1.60. The van der Waals surface area contributed by atoms with E-state index in [0.717, 1.165) is 16.5 Å². The number of halogens is 2. The van der Waals surface area contributed by atoms with Gasteiger partial charge in [-0.1, -0.05) is 36.0 Å². The molecule has 10 heteroatoms. The molecule has 3 aliphatic heterocycles. The van der Waals surface area contributed by atoms with Crippen LogP contribution < -0.4 is 10.4 Å². The zero-order chi connectivity index (χ0) is 23.6. The zero-order valence-electron chi connectivity index (χ0n) is 17.8. The number of nitrogens with zero attached hydrogens (tertiary/aromatic N) is 3. The van der Waals surface area contributed by atoms with Crippen molar-refractivity contribution in [2.45, 2.75) is 28.4 Å². The van der Waals surface area contributed by atoms with E-state index in [0.29, 0.717) is 25.1 Å². The minimum atomic E-state index is -0.912. The minimum absolute atomic E-state index is 0.120. The summed E-state index contributed by atoms with van der Waals surface area (Å²) < 4.78 is 36.1. The van der Waals surface area contributed by atoms with Crippen LogP contribution in [0.25, 0.3) is 0 Å². The largest absolute Gasteiger partial charge is 0.502 e. The van der Waals surface area contributed by atoms with Crippen molar-refractivity contribution >= 4 is 17.7 Å².